The highest BCUT2D eigenvalue weighted by molar-refractivity contribution is 5.85. The molecule has 128 valence electrons. The van der Waals surface area contributed by atoms with E-state index in [1.165, 1.54) is 0 Å². The maximum Gasteiger partial charge on any atom is 0.323 e. The van der Waals surface area contributed by atoms with Crippen LogP contribution in [0.3, 0.4) is 0 Å². The lowest BCUT2D eigenvalue weighted by molar-refractivity contribution is -0.525. The molecule has 9 nitrogen and oxygen atoms in total. The Kier molecular flexibility index (Phi) is 10.0. The summed E-state index contributed by atoms with van der Waals surface area (Å²) in [6, 6.07) is 8.50. The number of esters is 1. The molecule has 0 saturated heterocycles. The van der Waals surface area contributed by atoms with Crippen LogP contribution < -0.4 is 16.5 Å². The molecule has 0 aliphatic carbocycles. The van der Waals surface area contributed by atoms with Crippen molar-refractivity contribution in [3.63, 3.8) is 0 Å². The van der Waals surface area contributed by atoms with E-state index in [0.29, 0.717) is 19.4 Å². The molecule has 0 aliphatic heterocycles. The van der Waals surface area contributed by atoms with Crippen LogP contribution >= 0.6 is 12.4 Å². The fourth-order valence-electron chi connectivity index (χ4n) is 1.62. The summed E-state index contributed by atoms with van der Waals surface area (Å²) in [5, 5.41) is 18.9. The first-order valence-electron chi connectivity index (χ1n) is 6.68. The zero-order valence-corrected chi connectivity index (χ0v) is 13.2. The molecule has 0 radical (unpaired) electrons. The summed E-state index contributed by atoms with van der Waals surface area (Å²) < 4.78 is 5.09. The molecule has 5 N–H and O–H groups in total. The molecular formula is C13H20ClN5O4. The van der Waals surface area contributed by atoms with Crippen LogP contribution in [0.15, 0.2) is 30.3 Å². The third-order valence-corrected chi connectivity index (χ3v) is 2.72. The second kappa shape index (κ2) is 11.2. The first-order valence-corrected chi connectivity index (χ1v) is 6.68. The summed E-state index contributed by atoms with van der Waals surface area (Å²) in [7, 11) is 0. The second-order valence-corrected chi connectivity index (χ2v) is 4.51. The van der Waals surface area contributed by atoms with E-state index in [0.717, 1.165) is 5.56 Å². The van der Waals surface area contributed by atoms with Crippen molar-refractivity contribution in [3.8, 4) is 0 Å². The number of ether oxygens (including phenoxy) is 1. The number of nitrogens with zero attached hydrogens (tertiary/aromatic N) is 1. The Labute approximate surface area is 139 Å². The minimum absolute atomic E-state index is 0. The maximum atomic E-state index is 11.7. The van der Waals surface area contributed by atoms with E-state index in [1.54, 1.807) is 5.43 Å². The molecule has 0 aromatic heterocycles. The van der Waals surface area contributed by atoms with Gasteiger partial charge in [-0.05, 0) is 18.4 Å². The van der Waals surface area contributed by atoms with Gasteiger partial charge in [-0.2, -0.15) is 0 Å². The number of benzene rings is 1. The minimum Gasteiger partial charge on any atom is -0.460 e. The van der Waals surface area contributed by atoms with Gasteiger partial charge in [0.25, 0.3) is 5.96 Å². The van der Waals surface area contributed by atoms with E-state index in [1.807, 2.05) is 30.3 Å². The first kappa shape index (κ1) is 20.6. The van der Waals surface area contributed by atoms with Crippen LogP contribution in [0.2, 0.25) is 0 Å². The summed E-state index contributed by atoms with van der Waals surface area (Å²) in [5.74, 6) is -0.910. The lowest BCUT2D eigenvalue weighted by Gasteiger charge is -2.12. The van der Waals surface area contributed by atoms with Crippen LogP contribution in [0.25, 0.3) is 0 Å². The number of hydrazine groups is 1. The predicted molar refractivity (Wildman–Crippen MR) is 86.6 cm³/mol. The van der Waals surface area contributed by atoms with Gasteiger partial charge in [0.1, 0.15) is 12.6 Å². The van der Waals surface area contributed by atoms with Crippen LogP contribution in [-0.4, -0.2) is 29.5 Å². The normalized spacial score (nSPS) is 10.8. The molecule has 0 spiro atoms. The third kappa shape index (κ3) is 9.27. The number of rotatable bonds is 8. The molecule has 0 aliphatic rings. The summed E-state index contributed by atoms with van der Waals surface area (Å²) in [5.41, 5.74) is 8.24. The maximum absolute atomic E-state index is 11.7. The number of hydrogen-bond donors (Lipinski definition) is 4. The number of nitrogens with two attached hydrogens (primary N) is 1. The smallest absolute Gasteiger partial charge is 0.323 e. The van der Waals surface area contributed by atoms with Crippen molar-refractivity contribution in [1.29, 1.82) is 5.41 Å². The Bertz CT molecular complexity index is 514. The van der Waals surface area contributed by atoms with Crippen LogP contribution in [0, 0.1) is 15.5 Å². The number of halogens is 1. The average Bonchev–Trinajstić information content (AvgIpc) is 2.49. The van der Waals surface area contributed by atoms with E-state index < -0.39 is 23.0 Å². The van der Waals surface area contributed by atoms with Gasteiger partial charge in [-0.25, -0.2) is 10.1 Å². The Morgan fingerprint density at radius 3 is 2.65 bits per heavy atom. The van der Waals surface area contributed by atoms with Crippen LogP contribution in [0.1, 0.15) is 18.4 Å². The predicted octanol–water partition coefficient (Wildman–Crippen LogP) is 0.565. The summed E-state index contributed by atoms with van der Waals surface area (Å²) in [6.45, 7) is 0.461. The Balaban J connectivity index is 0.00000484. The van der Waals surface area contributed by atoms with Crippen LogP contribution in [-0.2, 0) is 16.1 Å². The first-order chi connectivity index (χ1) is 10.5. The zero-order chi connectivity index (χ0) is 16.4. The molecule has 0 bridgehead atoms. The van der Waals surface area contributed by atoms with Gasteiger partial charge in [0.2, 0.25) is 0 Å². The molecule has 1 aromatic carbocycles. The summed E-state index contributed by atoms with van der Waals surface area (Å²) >= 11 is 0. The molecule has 23 heavy (non-hydrogen) atoms. The van der Waals surface area contributed by atoms with Crippen LogP contribution in [0.4, 0.5) is 0 Å². The number of nitrogens with one attached hydrogen (secondary N) is 3. The molecule has 0 amide bonds. The Morgan fingerprint density at radius 1 is 1.39 bits per heavy atom. The van der Waals surface area contributed by atoms with Gasteiger partial charge >= 0.3 is 5.97 Å². The van der Waals surface area contributed by atoms with Crippen LogP contribution in [0.5, 0.6) is 0 Å². The zero-order valence-electron chi connectivity index (χ0n) is 12.4. The molecule has 1 rings (SSSR count). The van der Waals surface area contributed by atoms with Crippen molar-refractivity contribution >= 4 is 24.3 Å². The van der Waals surface area contributed by atoms with Gasteiger partial charge in [0, 0.05) is 6.54 Å². The average molecular weight is 346 g/mol. The van der Waals surface area contributed by atoms with Crippen molar-refractivity contribution in [2.24, 2.45) is 5.73 Å². The number of nitro groups is 1. The van der Waals surface area contributed by atoms with E-state index >= 15 is 0 Å². The minimum atomic E-state index is -0.831. The quantitative estimate of drug-likeness (QED) is 0.135. The van der Waals surface area contributed by atoms with Crippen molar-refractivity contribution in [2.75, 3.05) is 6.54 Å². The standard InChI is InChI=1S/C13H19N5O4.ClH/c14-11(7-4-8-16-13(15)17-18(20)21)12(19)22-9-10-5-2-1-3-6-10;/h1-3,5-6,11H,4,7-9,14H2,(H3,15,16,17);1H/t11-;/m0./s1. The highest BCUT2D eigenvalue weighted by Gasteiger charge is 2.14. The van der Waals surface area contributed by atoms with Crippen molar-refractivity contribution in [2.45, 2.75) is 25.5 Å². The van der Waals surface area contributed by atoms with Gasteiger partial charge in [0.15, 0.2) is 5.03 Å². The van der Waals surface area contributed by atoms with Crippen molar-refractivity contribution in [3.05, 3.63) is 46.0 Å². The van der Waals surface area contributed by atoms with E-state index in [-0.39, 0.29) is 19.0 Å². The van der Waals surface area contributed by atoms with Gasteiger partial charge < -0.3 is 15.8 Å². The largest absolute Gasteiger partial charge is 0.460 e. The molecule has 0 fully saturated rings. The van der Waals surface area contributed by atoms with E-state index in [4.69, 9.17) is 15.9 Å². The topological polar surface area (TPSA) is 143 Å². The lowest BCUT2D eigenvalue weighted by Crippen LogP contribution is -2.40. The summed E-state index contributed by atoms with van der Waals surface area (Å²) in [6.07, 6.45) is 0.829. The highest BCUT2D eigenvalue weighted by Crippen LogP contribution is 2.03. The third-order valence-electron chi connectivity index (χ3n) is 2.72. The fourth-order valence-corrected chi connectivity index (χ4v) is 1.62. The van der Waals surface area contributed by atoms with Crippen molar-refractivity contribution in [1.82, 2.24) is 10.7 Å². The Hall–Kier alpha value is -2.39. The highest BCUT2D eigenvalue weighted by atomic mass is 35.5. The molecule has 0 heterocycles. The SMILES string of the molecule is Cl.N=C(NCCC[C@H](N)C(=O)OCc1ccccc1)N[N+](=O)[O-]. The molecule has 0 saturated carbocycles. The number of guanidine groups is 1. The number of hydrogen-bond acceptors (Lipinski definition) is 6. The molecule has 1 aromatic rings. The summed E-state index contributed by atoms with van der Waals surface area (Å²) in [4.78, 5) is 21.7. The number of carbonyl (C=O) groups excluding carboxylic acids is 1. The fraction of sp³-hybridized carbons (Fsp3) is 0.385. The van der Waals surface area contributed by atoms with Gasteiger partial charge in [-0.15, -0.1) is 12.4 Å². The van der Waals surface area contributed by atoms with Gasteiger partial charge in [0.05, 0.1) is 0 Å². The monoisotopic (exact) mass is 345 g/mol. The molecule has 0 unspecified atom stereocenters. The van der Waals surface area contributed by atoms with Gasteiger partial charge in [-0.3, -0.25) is 10.2 Å². The molecule has 10 heteroatoms. The van der Waals surface area contributed by atoms with Crippen molar-refractivity contribution < 1.29 is 14.6 Å². The van der Waals surface area contributed by atoms with Gasteiger partial charge in [-0.1, -0.05) is 35.8 Å². The second-order valence-electron chi connectivity index (χ2n) is 4.51. The molecular weight excluding hydrogens is 326 g/mol. The lowest BCUT2D eigenvalue weighted by atomic mass is 10.1. The van der Waals surface area contributed by atoms with E-state index in [2.05, 4.69) is 5.32 Å². The van der Waals surface area contributed by atoms with E-state index in [9.17, 15) is 14.9 Å². The Morgan fingerprint density at radius 2 is 2.04 bits per heavy atom. The molecule has 1 atom stereocenters. The number of carbonyl (C=O) groups is 1.